The topological polar surface area (TPSA) is 83.8 Å². The monoisotopic (exact) mass is 230 g/mol. The van der Waals surface area contributed by atoms with Crippen molar-refractivity contribution in [3.05, 3.63) is 0 Å². The summed E-state index contributed by atoms with van der Waals surface area (Å²) in [5, 5.41) is 18.7. The van der Waals surface area contributed by atoms with Crippen LogP contribution in [0.3, 0.4) is 0 Å². The zero-order valence-electron chi connectivity index (χ0n) is 9.55. The molecule has 0 radical (unpaired) electrons. The van der Waals surface area contributed by atoms with E-state index in [4.69, 9.17) is 9.84 Å². The second-order valence-electron chi connectivity index (χ2n) is 4.29. The molecule has 0 spiro atoms. The highest BCUT2D eigenvalue weighted by Crippen LogP contribution is 2.33. The molecule has 0 saturated heterocycles. The molecule has 2 N–H and O–H groups in total. The van der Waals surface area contributed by atoms with Gasteiger partial charge in [-0.3, -0.25) is 9.59 Å². The van der Waals surface area contributed by atoms with Gasteiger partial charge in [-0.15, -0.1) is 0 Å². The van der Waals surface area contributed by atoms with E-state index in [9.17, 15) is 14.7 Å². The van der Waals surface area contributed by atoms with Crippen LogP contribution >= 0.6 is 0 Å². The molecule has 1 fully saturated rings. The minimum absolute atomic E-state index is 0.153. The summed E-state index contributed by atoms with van der Waals surface area (Å²) in [4.78, 5) is 21.8. The van der Waals surface area contributed by atoms with E-state index in [2.05, 4.69) is 0 Å². The molecular weight excluding hydrogens is 212 g/mol. The van der Waals surface area contributed by atoms with Crippen molar-refractivity contribution >= 4 is 11.9 Å². The average molecular weight is 230 g/mol. The zero-order chi connectivity index (χ0) is 12.3. The van der Waals surface area contributed by atoms with E-state index in [0.717, 1.165) is 0 Å². The summed E-state index contributed by atoms with van der Waals surface area (Å²) >= 11 is 0. The van der Waals surface area contributed by atoms with E-state index >= 15 is 0 Å². The Morgan fingerprint density at radius 1 is 1.38 bits per heavy atom. The number of hydrogen-bond acceptors (Lipinski definition) is 4. The summed E-state index contributed by atoms with van der Waals surface area (Å²) in [6.07, 6.45) is 0.0261. The zero-order valence-corrected chi connectivity index (χ0v) is 9.55. The van der Waals surface area contributed by atoms with Gasteiger partial charge in [0.2, 0.25) is 0 Å². The third-order valence-electron chi connectivity index (χ3n) is 3.15. The summed E-state index contributed by atoms with van der Waals surface area (Å²) in [6, 6.07) is 0. The molecule has 0 heterocycles. The van der Waals surface area contributed by atoms with E-state index < -0.39 is 30.1 Å². The Morgan fingerprint density at radius 2 is 2.00 bits per heavy atom. The third kappa shape index (κ3) is 2.95. The van der Waals surface area contributed by atoms with Crippen molar-refractivity contribution in [1.82, 2.24) is 0 Å². The Morgan fingerprint density at radius 3 is 2.44 bits per heavy atom. The molecule has 1 aliphatic carbocycles. The molecule has 0 aromatic heterocycles. The van der Waals surface area contributed by atoms with Gasteiger partial charge in [0.15, 0.2) is 0 Å². The first-order valence-electron chi connectivity index (χ1n) is 5.53. The molecule has 0 aromatic carbocycles. The summed E-state index contributed by atoms with van der Waals surface area (Å²) in [5.74, 6) is -2.14. The van der Waals surface area contributed by atoms with Crippen LogP contribution in [0.5, 0.6) is 0 Å². The van der Waals surface area contributed by atoms with Crippen molar-refractivity contribution in [2.24, 2.45) is 11.8 Å². The number of aliphatic hydroxyl groups is 1. The second kappa shape index (κ2) is 5.30. The number of carboxylic acid groups (broad SMARTS) is 1. The Labute approximate surface area is 94.4 Å². The lowest BCUT2D eigenvalue weighted by molar-refractivity contribution is -0.163. The molecule has 0 unspecified atom stereocenters. The highest BCUT2D eigenvalue weighted by atomic mass is 16.5. The van der Waals surface area contributed by atoms with Gasteiger partial charge < -0.3 is 14.9 Å². The average Bonchev–Trinajstić information content (AvgIpc) is 2.16. The number of aliphatic carboxylic acids is 1. The molecule has 5 nitrogen and oxygen atoms in total. The predicted molar refractivity (Wildman–Crippen MR) is 55.7 cm³/mol. The first-order chi connectivity index (χ1) is 7.45. The standard InChI is InChI=1S/C11H18O5/c1-3-8-9(13)4-7(11(14)15)5-10(8)16-6(2)12/h7-10,13H,3-5H2,1-2H3,(H,14,15)/t7-,8+,9+,10-/m1/s1. The molecule has 1 aliphatic rings. The second-order valence-corrected chi connectivity index (χ2v) is 4.29. The Kier molecular flexibility index (Phi) is 4.29. The molecule has 0 aliphatic heterocycles. The van der Waals surface area contributed by atoms with E-state index in [-0.39, 0.29) is 12.3 Å². The van der Waals surface area contributed by atoms with Crippen LogP contribution in [0.25, 0.3) is 0 Å². The quantitative estimate of drug-likeness (QED) is 0.700. The van der Waals surface area contributed by atoms with Gasteiger partial charge >= 0.3 is 11.9 Å². The molecule has 0 amide bonds. The molecule has 16 heavy (non-hydrogen) atoms. The van der Waals surface area contributed by atoms with Gasteiger partial charge in [-0.05, 0) is 19.3 Å². The number of rotatable bonds is 3. The first kappa shape index (κ1) is 13.0. The summed E-state index contributed by atoms with van der Waals surface area (Å²) in [7, 11) is 0. The Balaban J connectivity index is 2.74. The van der Waals surface area contributed by atoms with Crippen molar-refractivity contribution < 1.29 is 24.5 Å². The van der Waals surface area contributed by atoms with Crippen LogP contribution in [0.15, 0.2) is 0 Å². The minimum Gasteiger partial charge on any atom is -0.481 e. The summed E-state index contributed by atoms with van der Waals surface area (Å²) < 4.78 is 5.08. The Bertz CT molecular complexity index is 276. The number of hydrogen-bond donors (Lipinski definition) is 2. The molecule has 92 valence electrons. The van der Waals surface area contributed by atoms with E-state index in [1.165, 1.54) is 6.92 Å². The lowest BCUT2D eigenvalue weighted by Crippen LogP contribution is -2.43. The lowest BCUT2D eigenvalue weighted by Gasteiger charge is -2.37. The maximum atomic E-state index is 10.9. The van der Waals surface area contributed by atoms with Crippen LogP contribution in [-0.4, -0.2) is 34.4 Å². The lowest BCUT2D eigenvalue weighted by atomic mass is 9.76. The van der Waals surface area contributed by atoms with Crippen molar-refractivity contribution in [1.29, 1.82) is 0 Å². The van der Waals surface area contributed by atoms with E-state index in [1.807, 2.05) is 6.92 Å². The van der Waals surface area contributed by atoms with Crippen molar-refractivity contribution in [3.8, 4) is 0 Å². The normalized spacial score (nSPS) is 34.4. The Hall–Kier alpha value is -1.10. The van der Waals surface area contributed by atoms with Crippen LogP contribution in [0.4, 0.5) is 0 Å². The number of carboxylic acids is 1. The van der Waals surface area contributed by atoms with Crippen molar-refractivity contribution in [3.63, 3.8) is 0 Å². The van der Waals surface area contributed by atoms with Gasteiger partial charge in [0, 0.05) is 12.8 Å². The number of ether oxygens (including phenoxy) is 1. The fourth-order valence-corrected chi connectivity index (χ4v) is 2.35. The largest absolute Gasteiger partial charge is 0.481 e. The van der Waals surface area contributed by atoms with Gasteiger partial charge in [0.1, 0.15) is 6.10 Å². The van der Waals surface area contributed by atoms with Gasteiger partial charge in [-0.2, -0.15) is 0 Å². The number of aliphatic hydroxyl groups excluding tert-OH is 1. The predicted octanol–water partition coefficient (Wildman–Crippen LogP) is 0.800. The fraction of sp³-hybridized carbons (Fsp3) is 0.818. The molecule has 0 aromatic rings. The maximum Gasteiger partial charge on any atom is 0.306 e. The van der Waals surface area contributed by atoms with Crippen molar-refractivity contribution in [2.45, 2.75) is 45.3 Å². The SMILES string of the molecule is CC[C@H]1[C@@H](O)C[C@@H](C(=O)O)C[C@H]1OC(C)=O. The van der Waals surface area contributed by atoms with Crippen LogP contribution in [0, 0.1) is 11.8 Å². The van der Waals surface area contributed by atoms with Crippen LogP contribution in [-0.2, 0) is 14.3 Å². The molecule has 0 bridgehead atoms. The molecule has 1 rings (SSSR count). The van der Waals surface area contributed by atoms with Gasteiger partial charge in [0.05, 0.1) is 12.0 Å². The smallest absolute Gasteiger partial charge is 0.306 e. The van der Waals surface area contributed by atoms with E-state index in [1.54, 1.807) is 0 Å². The van der Waals surface area contributed by atoms with Gasteiger partial charge in [0.25, 0.3) is 0 Å². The highest BCUT2D eigenvalue weighted by molar-refractivity contribution is 5.70. The third-order valence-corrected chi connectivity index (χ3v) is 3.15. The van der Waals surface area contributed by atoms with E-state index in [0.29, 0.717) is 12.8 Å². The number of esters is 1. The number of carbonyl (C=O) groups is 2. The minimum atomic E-state index is -0.939. The maximum absolute atomic E-state index is 10.9. The van der Waals surface area contributed by atoms with Crippen LogP contribution < -0.4 is 0 Å². The fourth-order valence-electron chi connectivity index (χ4n) is 2.35. The van der Waals surface area contributed by atoms with Crippen LogP contribution in [0.1, 0.15) is 33.1 Å². The first-order valence-corrected chi connectivity index (χ1v) is 5.53. The van der Waals surface area contributed by atoms with Crippen LogP contribution in [0.2, 0.25) is 0 Å². The summed E-state index contributed by atoms with van der Waals surface area (Å²) in [6.45, 7) is 3.19. The molecular formula is C11H18O5. The molecule has 1 saturated carbocycles. The molecule has 4 atom stereocenters. The van der Waals surface area contributed by atoms with Gasteiger partial charge in [-0.1, -0.05) is 6.92 Å². The molecule has 5 heteroatoms. The highest BCUT2D eigenvalue weighted by Gasteiger charge is 2.40. The summed E-state index contributed by atoms with van der Waals surface area (Å²) in [5.41, 5.74) is 0. The number of carbonyl (C=O) groups excluding carboxylic acids is 1. The van der Waals surface area contributed by atoms with Crippen molar-refractivity contribution in [2.75, 3.05) is 0 Å². The van der Waals surface area contributed by atoms with Gasteiger partial charge in [-0.25, -0.2) is 0 Å².